The third kappa shape index (κ3) is 3.62. The van der Waals surface area contributed by atoms with Crippen molar-refractivity contribution in [2.24, 2.45) is 5.41 Å². The molecule has 0 aromatic carbocycles. The first kappa shape index (κ1) is 9.97. The van der Waals surface area contributed by atoms with Crippen molar-refractivity contribution in [3.63, 3.8) is 0 Å². The van der Waals surface area contributed by atoms with Crippen molar-refractivity contribution in [3.8, 4) is 6.07 Å². The summed E-state index contributed by atoms with van der Waals surface area (Å²) in [5.74, 6) is 0. The highest BCUT2D eigenvalue weighted by molar-refractivity contribution is 5.12. The number of rotatable bonds is 4. The molecular formula is C10H15N. The van der Waals surface area contributed by atoms with Crippen LogP contribution in [0.15, 0.2) is 24.8 Å². The SMILES string of the molecule is C=CCC(C)(C#N)/C=C/CC. The number of nitrogens with zero attached hydrogens (tertiary/aromatic N) is 1. The van der Waals surface area contributed by atoms with Gasteiger partial charge in [-0.1, -0.05) is 25.2 Å². The zero-order valence-corrected chi connectivity index (χ0v) is 7.30. The van der Waals surface area contributed by atoms with Crippen molar-refractivity contribution >= 4 is 0 Å². The van der Waals surface area contributed by atoms with Crippen molar-refractivity contribution in [2.45, 2.75) is 26.7 Å². The molecule has 0 aromatic rings. The predicted molar refractivity (Wildman–Crippen MR) is 48.0 cm³/mol. The third-order valence-electron chi connectivity index (χ3n) is 1.55. The Hall–Kier alpha value is -1.03. The number of hydrogen-bond acceptors (Lipinski definition) is 1. The molecule has 0 saturated carbocycles. The van der Waals surface area contributed by atoms with Crippen LogP contribution < -0.4 is 0 Å². The van der Waals surface area contributed by atoms with E-state index in [1.165, 1.54) is 0 Å². The van der Waals surface area contributed by atoms with Gasteiger partial charge in [0.2, 0.25) is 0 Å². The Balaban J connectivity index is 4.23. The Morgan fingerprint density at radius 3 is 2.64 bits per heavy atom. The summed E-state index contributed by atoms with van der Waals surface area (Å²) < 4.78 is 0. The van der Waals surface area contributed by atoms with Gasteiger partial charge in [-0.05, 0) is 19.8 Å². The number of hydrogen-bond donors (Lipinski definition) is 0. The van der Waals surface area contributed by atoms with Crippen molar-refractivity contribution in [1.82, 2.24) is 0 Å². The van der Waals surface area contributed by atoms with Crippen molar-refractivity contribution in [3.05, 3.63) is 24.8 Å². The average molecular weight is 149 g/mol. The second-order valence-corrected chi connectivity index (χ2v) is 2.83. The molecule has 0 N–H and O–H groups in total. The Morgan fingerprint density at radius 2 is 2.27 bits per heavy atom. The maximum atomic E-state index is 8.79. The summed E-state index contributed by atoms with van der Waals surface area (Å²) in [5, 5.41) is 8.79. The lowest BCUT2D eigenvalue weighted by atomic mass is 9.88. The molecule has 0 bridgehead atoms. The van der Waals surface area contributed by atoms with Gasteiger partial charge in [0.25, 0.3) is 0 Å². The maximum Gasteiger partial charge on any atom is 0.0759 e. The van der Waals surface area contributed by atoms with Gasteiger partial charge < -0.3 is 0 Å². The Bertz CT molecular complexity index is 186. The summed E-state index contributed by atoms with van der Waals surface area (Å²) in [4.78, 5) is 0. The lowest BCUT2D eigenvalue weighted by Gasteiger charge is -2.13. The van der Waals surface area contributed by atoms with E-state index in [9.17, 15) is 0 Å². The van der Waals surface area contributed by atoms with Crippen LogP contribution in [0.2, 0.25) is 0 Å². The zero-order valence-electron chi connectivity index (χ0n) is 7.30. The number of allylic oxidation sites excluding steroid dienone is 3. The number of nitriles is 1. The van der Waals surface area contributed by atoms with Crippen LogP contribution in [0.3, 0.4) is 0 Å². The highest BCUT2D eigenvalue weighted by Gasteiger charge is 2.16. The molecule has 11 heavy (non-hydrogen) atoms. The maximum absolute atomic E-state index is 8.79. The molecule has 1 atom stereocenters. The van der Waals surface area contributed by atoms with Gasteiger partial charge >= 0.3 is 0 Å². The predicted octanol–water partition coefficient (Wildman–Crippen LogP) is 3.06. The fourth-order valence-electron chi connectivity index (χ4n) is 0.829. The van der Waals surface area contributed by atoms with Gasteiger partial charge in [0.1, 0.15) is 0 Å². The summed E-state index contributed by atoms with van der Waals surface area (Å²) in [6.45, 7) is 7.59. The van der Waals surface area contributed by atoms with Gasteiger partial charge in [0.15, 0.2) is 0 Å². The Morgan fingerprint density at radius 1 is 1.64 bits per heavy atom. The largest absolute Gasteiger partial charge is 0.197 e. The van der Waals surface area contributed by atoms with Gasteiger partial charge in [-0.25, -0.2) is 0 Å². The minimum atomic E-state index is -0.349. The van der Waals surface area contributed by atoms with E-state index in [1.54, 1.807) is 6.08 Å². The first-order valence-electron chi connectivity index (χ1n) is 3.88. The zero-order chi connectivity index (χ0) is 8.74. The van der Waals surface area contributed by atoms with Crippen LogP contribution in [0, 0.1) is 16.7 Å². The van der Waals surface area contributed by atoms with Gasteiger partial charge in [0, 0.05) is 0 Å². The summed E-state index contributed by atoms with van der Waals surface area (Å²) in [7, 11) is 0. The minimum Gasteiger partial charge on any atom is -0.197 e. The highest BCUT2D eigenvalue weighted by Crippen LogP contribution is 2.22. The van der Waals surface area contributed by atoms with E-state index < -0.39 is 0 Å². The van der Waals surface area contributed by atoms with E-state index in [1.807, 2.05) is 19.1 Å². The highest BCUT2D eigenvalue weighted by atomic mass is 14.3. The van der Waals surface area contributed by atoms with E-state index in [4.69, 9.17) is 5.26 Å². The van der Waals surface area contributed by atoms with Crippen molar-refractivity contribution in [2.75, 3.05) is 0 Å². The molecule has 0 aliphatic rings. The normalized spacial score (nSPS) is 15.7. The van der Waals surface area contributed by atoms with Gasteiger partial charge in [-0.15, -0.1) is 6.58 Å². The molecule has 1 unspecified atom stereocenters. The molecule has 1 nitrogen and oxygen atoms in total. The van der Waals surface area contributed by atoms with Crippen LogP contribution >= 0.6 is 0 Å². The summed E-state index contributed by atoms with van der Waals surface area (Å²) in [6.07, 6.45) is 7.46. The van der Waals surface area contributed by atoms with Gasteiger partial charge in [-0.3, -0.25) is 0 Å². The van der Waals surface area contributed by atoms with Crippen LogP contribution in [-0.2, 0) is 0 Å². The van der Waals surface area contributed by atoms with Crippen molar-refractivity contribution in [1.29, 1.82) is 5.26 Å². The fourth-order valence-corrected chi connectivity index (χ4v) is 0.829. The molecule has 0 radical (unpaired) electrons. The summed E-state index contributed by atoms with van der Waals surface area (Å²) in [6, 6.07) is 2.26. The first-order chi connectivity index (χ1) is 5.18. The smallest absolute Gasteiger partial charge is 0.0759 e. The monoisotopic (exact) mass is 149 g/mol. The van der Waals surface area contributed by atoms with Gasteiger partial charge in [-0.2, -0.15) is 5.26 Å². The molecule has 0 saturated heterocycles. The van der Waals surface area contributed by atoms with E-state index in [2.05, 4.69) is 19.6 Å². The molecule has 1 heteroatoms. The summed E-state index contributed by atoms with van der Waals surface area (Å²) in [5.41, 5.74) is -0.349. The van der Waals surface area contributed by atoms with E-state index >= 15 is 0 Å². The average Bonchev–Trinajstić information content (AvgIpc) is 2.02. The molecular weight excluding hydrogens is 134 g/mol. The Kier molecular flexibility index (Phi) is 4.29. The van der Waals surface area contributed by atoms with E-state index in [0.29, 0.717) is 0 Å². The molecule has 0 fully saturated rings. The molecule has 60 valence electrons. The molecule has 0 rings (SSSR count). The first-order valence-corrected chi connectivity index (χ1v) is 3.88. The Labute approximate surface area is 69.0 Å². The second-order valence-electron chi connectivity index (χ2n) is 2.83. The molecule has 0 aliphatic heterocycles. The lowest BCUT2D eigenvalue weighted by Crippen LogP contribution is -2.07. The third-order valence-corrected chi connectivity index (χ3v) is 1.55. The fraction of sp³-hybridized carbons (Fsp3) is 0.500. The molecule has 0 spiro atoms. The van der Waals surface area contributed by atoms with Crippen LogP contribution in [-0.4, -0.2) is 0 Å². The van der Waals surface area contributed by atoms with E-state index in [-0.39, 0.29) is 5.41 Å². The molecule has 0 heterocycles. The lowest BCUT2D eigenvalue weighted by molar-refractivity contribution is 0.577. The standard InChI is InChI=1S/C10H15N/c1-4-6-8-10(3,9-11)7-5-2/h5-6,8H,2,4,7H2,1,3H3/b8-6+. The van der Waals surface area contributed by atoms with Crippen LogP contribution in [0.4, 0.5) is 0 Å². The molecule has 0 aliphatic carbocycles. The minimum absolute atomic E-state index is 0.349. The van der Waals surface area contributed by atoms with Crippen LogP contribution in [0.1, 0.15) is 26.7 Å². The molecule has 0 amide bonds. The van der Waals surface area contributed by atoms with Crippen LogP contribution in [0.5, 0.6) is 0 Å². The van der Waals surface area contributed by atoms with Crippen molar-refractivity contribution < 1.29 is 0 Å². The summed E-state index contributed by atoms with van der Waals surface area (Å²) >= 11 is 0. The van der Waals surface area contributed by atoms with Crippen LogP contribution in [0.25, 0.3) is 0 Å². The molecule has 0 aromatic heterocycles. The van der Waals surface area contributed by atoms with Gasteiger partial charge in [0.05, 0.1) is 11.5 Å². The second kappa shape index (κ2) is 4.73. The topological polar surface area (TPSA) is 23.8 Å². The van der Waals surface area contributed by atoms with E-state index in [0.717, 1.165) is 12.8 Å². The quantitative estimate of drug-likeness (QED) is 0.563.